The van der Waals surface area contributed by atoms with Gasteiger partial charge in [-0.25, -0.2) is 4.98 Å². The van der Waals surface area contributed by atoms with Crippen LogP contribution in [0.3, 0.4) is 0 Å². The van der Waals surface area contributed by atoms with E-state index in [0.717, 1.165) is 12.8 Å². The summed E-state index contributed by atoms with van der Waals surface area (Å²) in [6, 6.07) is 0. The Morgan fingerprint density at radius 3 is 3.10 bits per heavy atom. The molecule has 0 radical (unpaired) electrons. The van der Waals surface area contributed by atoms with E-state index in [1.165, 1.54) is 5.57 Å². The summed E-state index contributed by atoms with van der Waals surface area (Å²) in [5.41, 5.74) is 8.13. The van der Waals surface area contributed by atoms with Gasteiger partial charge in [-0.15, -0.1) is 0 Å². The molecule has 1 fully saturated rings. The highest BCUT2D eigenvalue weighted by Gasteiger charge is 2.29. The molecule has 0 saturated heterocycles. The van der Waals surface area contributed by atoms with Gasteiger partial charge in [0.15, 0.2) is 11.2 Å². The summed E-state index contributed by atoms with van der Waals surface area (Å²) >= 11 is 0. The van der Waals surface area contributed by atoms with Crippen molar-refractivity contribution in [3.8, 4) is 5.88 Å². The Labute approximate surface area is 116 Å². The summed E-state index contributed by atoms with van der Waals surface area (Å²) in [6.45, 7) is 2.76. The first-order chi connectivity index (χ1) is 9.72. The standard InChI is InChI=1S/C13H17N5O2/c1-2-3-20-12-10-11(16-13(14)17-12)18(7-15-10)5-8-4-9(8)6-19/h5,7,9,19H,2-4,6H2,1H3,(H2,14,16,17)/t9-/m1/s1. The van der Waals surface area contributed by atoms with Crippen molar-refractivity contribution in [2.24, 2.45) is 5.92 Å². The van der Waals surface area contributed by atoms with Gasteiger partial charge in [-0.1, -0.05) is 6.92 Å². The number of anilines is 1. The van der Waals surface area contributed by atoms with Gasteiger partial charge in [0, 0.05) is 18.7 Å². The molecule has 1 saturated carbocycles. The zero-order valence-corrected chi connectivity index (χ0v) is 11.3. The molecule has 1 atom stereocenters. The first-order valence-corrected chi connectivity index (χ1v) is 6.67. The molecule has 0 unspecified atom stereocenters. The van der Waals surface area contributed by atoms with Crippen molar-refractivity contribution in [3.63, 3.8) is 0 Å². The molecule has 3 N–H and O–H groups in total. The highest BCUT2D eigenvalue weighted by atomic mass is 16.5. The van der Waals surface area contributed by atoms with Crippen LogP contribution in [0.5, 0.6) is 5.88 Å². The molecule has 20 heavy (non-hydrogen) atoms. The van der Waals surface area contributed by atoms with Crippen LogP contribution in [0, 0.1) is 5.92 Å². The summed E-state index contributed by atoms with van der Waals surface area (Å²) in [5, 5.41) is 9.07. The molecule has 2 aromatic heterocycles. The fraction of sp³-hybridized carbons (Fsp3) is 0.462. The van der Waals surface area contributed by atoms with Crippen LogP contribution in [-0.4, -0.2) is 37.8 Å². The number of aliphatic hydroxyl groups excluding tert-OH is 1. The summed E-state index contributed by atoms with van der Waals surface area (Å²) in [4.78, 5) is 12.6. The number of ether oxygens (including phenoxy) is 1. The van der Waals surface area contributed by atoms with Crippen LogP contribution in [0.1, 0.15) is 19.8 Å². The SMILES string of the molecule is CCCOc1nc(N)nc2c1ncn2C=C1C[C@@H]1CO. The van der Waals surface area contributed by atoms with E-state index in [-0.39, 0.29) is 18.5 Å². The third-order valence-electron chi connectivity index (χ3n) is 3.22. The zero-order chi connectivity index (χ0) is 14.1. The Kier molecular flexibility index (Phi) is 3.27. The lowest BCUT2D eigenvalue weighted by atomic mass is 10.4. The average molecular weight is 275 g/mol. The van der Waals surface area contributed by atoms with Crippen molar-refractivity contribution in [1.29, 1.82) is 0 Å². The van der Waals surface area contributed by atoms with E-state index in [9.17, 15) is 0 Å². The minimum Gasteiger partial charge on any atom is -0.476 e. The molecule has 3 rings (SSSR count). The van der Waals surface area contributed by atoms with Gasteiger partial charge in [-0.05, 0) is 18.4 Å². The van der Waals surface area contributed by atoms with Crippen LogP contribution >= 0.6 is 0 Å². The Hall–Kier alpha value is -2.15. The molecule has 106 valence electrons. The molecule has 2 aromatic rings. The number of aliphatic hydroxyl groups is 1. The van der Waals surface area contributed by atoms with Crippen molar-refractivity contribution >= 4 is 23.3 Å². The number of hydrogen-bond acceptors (Lipinski definition) is 6. The Balaban J connectivity index is 1.99. The van der Waals surface area contributed by atoms with Gasteiger partial charge in [0.05, 0.1) is 6.61 Å². The van der Waals surface area contributed by atoms with Crippen molar-refractivity contribution < 1.29 is 9.84 Å². The molecular formula is C13H17N5O2. The maximum atomic E-state index is 9.07. The van der Waals surface area contributed by atoms with E-state index >= 15 is 0 Å². The smallest absolute Gasteiger partial charge is 0.247 e. The zero-order valence-electron chi connectivity index (χ0n) is 11.3. The number of imidazole rings is 1. The molecule has 2 heterocycles. The second-order valence-electron chi connectivity index (χ2n) is 4.85. The summed E-state index contributed by atoms with van der Waals surface area (Å²) in [7, 11) is 0. The largest absolute Gasteiger partial charge is 0.476 e. The molecule has 0 aromatic carbocycles. The normalized spacial score (nSPS) is 19.7. The molecule has 0 spiro atoms. The maximum Gasteiger partial charge on any atom is 0.247 e. The lowest BCUT2D eigenvalue weighted by Crippen LogP contribution is -2.03. The Morgan fingerprint density at radius 2 is 2.40 bits per heavy atom. The number of rotatable bonds is 5. The Bertz CT molecular complexity index is 664. The van der Waals surface area contributed by atoms with Crippen LogP contribution in [-0.2, 0) is 0 Å². The van der Waals surface area contributed by atoms with Gasteiger partial charge in [-0.3, -0.25) is 4.57 Å². The van der Waals surface area contributed by atoms with Crippen LogP contribution in [0.2, 0.25) is 0 Å². The molecule has 7 nitrogen and oxygen atoms in total. The summed E-state index contributed by atoms with van der Waals surface area (Å²) in [5.74, 6) is 0.849. The van der Waals surface area contributed by atoms with Crippen LogP contribution < -0.4 is 10.5 Å². The van der Waals surface area contributed by atoms with Crippen molar-refractivity contribution in [3.05, 3.63) is 11.9 Å². The van der Waals surface area contributed by atoms with Gasteiger partial charge < -0.3 is 15.6 Å². The number of nitrogen functional groups attached to an aromatic ring is 1. The van der Waals surface area contributed by atoms with Gasteiger partial charge in [0.25, 0.3) is 0 Å². The average Bonchev–Trinajstić information content (AvgIpc) is 3.08. The minimum absolute atomic E-state index is 0.165. The summed E-state index contributed by atoms with van der Waals surface area (Å²) in [6.07, 6.45) is 5.40. The van der Waals surface area contributed by atoms with E-state index in [1.807, 2.05) is 13.1 Å². The van der Waals surface area contributed by atoms with Crippen molar-refractivity contribution in [1.82, 2.24) is 19.5 Å². The second-order valence-corrected chi connectivity index (χ2v) is 4.85. The van der Waals surface area contributed by atoms with Crippen molar-refractivity contribution in [2.45, 2.75) is 19.8 Å². The van der Waals surface area contributed by atoms with E-state index in [0.29, 0.717) is 23.7 Å². The van der Waals surface area contributed by atoms with Crippen LogP contribution in [0.25, 0.3) is 17.4 Å². The number of nitrogens with two attached hydrogens (primary N) is 1. The van der Waals surface area contributed by atoms with Crippen molar-refractivity contribution in [2.75, 3.05) is 18.9 Å². The first-order valence-electron chi connectivity index (χ1n) is 6.67. The first kappa shape index (κ1) is 12.9. The minimum atomic E-state index is 0.165. The monoisotopic (exact) mass is 275 g/mol. The lowest BCUT2D eigenvalue weighted by Gasteiger charge is -2.04. The molecule has 0 amide bonds. The predicted molar refractivity (Wildman–Crippen MR) is 75.0 cm³/mol. The molecule has 0 bridgehead atoms. The van der Waals surface area contributed by atoms with Crippen LogP contribution in [0.15, 0.2) is 11.9 Å². The highest BCUT2D eigenvalue weighted by Crippen LogP contribution is 2.38. The van der Waals surface area contributed by atoms with Gasteiger partial charge >= 0.3 is 0 Å². The Morgan fingerprint density at radius 1 is 1.55 bits per heavy atom. The van der Waals surface area contributed by atoms with Gasteiger partial charge in [-0.2, -0.15) is 9.97 Å². The molecule has 7 heteroatoms. The number of aromatic nitrogens is 4. The van der Waals surface area contributed by atoms with E-state index < -0.39 is 0 Å². The van der Waals surface area contributed by atoms with E-state index in [4.69, 9.17) is 15.6 Å². The van der Waals surface area contributed by atoms with Crippen LogP contribution in [0.4, 0.5) is 5.95 Å². The quantitative estimate of drug-likeness (QED) is 0.846. The van der Waals surface area contributed by atoms with Gasteiger partial charge in [0.2, 0.25) is 11.8 Å². The fourth-order valence-corrected chi connectivity index (χ4v) is 2.04. The lowest BCUT2D eigenvalue weighted by molar-refractivity contribution is 0.281. The van der Waals surface area contributed by atoms with E-state index in [2.05, 4.69) is 15.0 Å². The number of fused-ring (bicyclic) bond motifs is 1. The summed E-state index contributed by atoms with van der Waals surface area (Å²) < 4.78 is 7.36. The second kappa shape index (κ2) is 5.09. The van der Waals surface area contributed by atoms with E-state index in [1.54, 1.807) is 10.9 Å². The molecule has 1 aliphatic carbocycles. The fourth-order valence-electron chi connectivity index (χ4n) is 2.04. The third kappa shape index (κ3) is 2.32. The number of nitrogens with zero attached hydrogens (tertiary/aromatic N) is 4. The van der Waals surface area contributed by atoms with Gasteiger partial charge in [0.1, 0.15) is 6.33 Å². The topological polar surface area (TPSA) is 99.1 Å². The third-order valence-corrected chi connectivity index (χ3v) is 3.22. The molecule has 0 aliphatic heterocycles. The molecular weight excluding hydrogens is 258 g/mol. The maximum absolute atomic E-state index is 9.07. The molecule has 1 aliphatic rings. The highest BCUT2D eigenvalue weighted by molar-refractivity contribution is 5.79. The predicted octanol–water partition coefficient (Wildman–Crippen LogP) is 1.05. The number of hydrogen-bond donors (Lipinski definition) is 2.